The number of aliphatic hydroxyl groups excluding tert-OH is 1. The molecule has 4 heteroatoms. The van der Waals surface area contributed by atoms with E-state index < -0.39 is 11.7 Å². The highest BCUT2D eigenvalue weighted by molar-refractivity contribution is 5.93. The number of carbonyl (C=O) groups is 1. The lowest BCUT2D eigenvalue weighted by Gasteiger charge is -2.24. The summed E-state index contributed by atoms with van der Waals surface area (Å²) in [5.41, 5.74) is 0.900. The lowest BCUT2D eigenvalue weighted by atomic mass is 10.1. The summed E-state index contributed by atoms with van der Waals surface area (Å²) in [6.45, 7) is 9.03. The summed E-state index contributed by atoms with van der Waals surface area (Å²) in [6, 6.07) is 11.2. The SMILES string of the molecule is C=C(O)c1ccc2cc(N(C)C(=O)OC(C)(C)C)ccc2c1. The van der Waals surface area contributed by atoms with Gasteiger partial charge in [-0.2, -0.15) is 0 Å². The fourth-order valence-corrected chi connectivity index (χ4v) is 2.06. The van der Waals surface area contributed by atoms with Crippen molar-refractivity contribution in [2.45, 2.75) is 26.4 Å². The van der Waals surface area contributed by atoms with Gasteiger partial charge in [-0.3, -0.25) is 4.90 Å². The van der Waals surface area contributed by atoms with E-state index in [-0.39, 0.29) is 5.76 Å². The van der Waals surface area contributed by atoms with Crippen molar-refractivity contribution in [2.75, 3.05) is 11.9 Å². The molecular weight excluding hydrogens is 278 g/mol. The number of hydrogen-bond donors (Lipinski definition) is 1. The molecular formula is C18H21NO3. The molecule has 0 aliphatic rings. The molecule has 2 rings (SSSR count). The standard InChI is InChI=1S/C18H21NO3/c1-12(20)13-6-7-15-11-16(9-8-14(15)10-13)19(5)17(21)22-18(2,3)4/h6-11,20H,1H2,2-5H3. The van der Waals surface area contributed by atoms with Crippen molar-refractivity contribution in [1.29, 1.82) is 0 Å². The van der Waals surface area contributed by atoms with E-state index in [1.165, 1.54) is 4.90 Å². The van der Waals surface area contributed by atoms with Gasteiger partial charge in [-0.15, -0.1) is 0 Å². The third-order valence-corrected chi connectivity index (χ3v) is 3.21. The van der Waals surface area contributed by atoms with Crippen molar-refractivity contribution >= 4 is 28.3 Å². The van der Waals surface area contributed by atoms with Gasteiger partial charge >= 0.3 is 6.09 Å². The van der Waals surface area contributed by atoms with Crippen LogP contribution in [0.1, 0.15) is 26.3 Å². The molecule has 0 fully saturated rings. The van der Waals surface area contributed by atoms with Gasteiger partial charge in [0.1, 0.15) is 11.4 Å². The van der Waals surface area contributed by atoms with Crippen LogP contribution in [0, 0.1) is 0 Å². The summed E-state index contributed by atoms with van der Waals surface area (Å²) in [5, 5.41) is 11.4. The topological polar surface area (TPSA) is 49.8 Å². The fourth-order valence-electron chi connectivity index (χ4n) is 2.06. The number of carbonyl (C=O) groups excluding carboxylic acids is 1. The number of rotatable bonds is 2. The molecule has 4 nitrogen and oxygen atoms in total. The average molecular weight is 299 g/mol. The number of benzene rings is 2. The molecule has 22 heavy (non-hydrogen) atoms. The van der Waals surface area contributed by atoms with Crippen molar-refractivity contribution < 1.29 is 14.6 Å². The number of ether oxygens (including phenoxy) is 1. The molecule has 0 saturated heterocycles. The summed E-state index contributed by atoms with van der Waals surface area (Å²) in [5.74, 6) is 0.0387. The van der Waals surface area contributed by atoms with Gasteiger partial charge in [0.2, 0.25) is 0 Å². The Morgan fingerprint density at radius 3 is 2.32 bits per heavy atom. The van der Waals surface area contributed by atoms with E-state index in [1.54, 1.807) is 13.1 Å². The molecule has 0 aromatic heterocycles. The first-order valence-corrected chi connectivity index (χ1v) is 7.06. The molecule has 0 unspecified atom stereocenters. The van der Waals surface area contributed by atoms with Crippen LogP contribution in [-0.4, -0.2) is 23.8 Å². The maximum atomic E-state index is 12.1. The quantitative estimate of drug-likeness (QED) is 0.815. The lowest BCUT2D eigenvalue weighted by molar-refractivity contribution is 0.0589. The smallest absolute Gasteiger partial charge is 0.414 e. The Kier molecular flexibility index (Phi) is 4.13. The highest BCUT2D eigenvalue weighted by Crippen LogP contribution is 2.25. The molecule has 0 saturated carbocycles. The molecule has 2 aromatic carbocycles. The largest absolute Gasteiger partial charge is 0.508 e. The molecule has 2 aromatic rings. The second-order valence-corrected chi connectivity index (χ2v) is 6.23. The van der Waals surface area contributed by atoms with E-state index in [2.05, 4.69) is 6.58 Å². The summed E-state index contributed by atoms with van der Waals surface area (Å²) in [6.07, 6.45) is -0.396. The van der Waals surface area contributed by atoms with Gasteiger partial charge in [-0.1, -0.05) is 24.8 Å². The van der Waals surface area contributed by atoms with E-state index in [4.69, 9.17) is 4.74 Å². The maximum absolute atomic E-state index is 12.1. The van der Waals surface area contributed by atoms with Gasteiger partial charge in [0.15, 0.2) is 0 Å². The minimum atomic E-state index is -0.529. The van der Waals surface area contributed by atoms with Gasteiger partial charge in [0, 0.05) is 18.3 Å². The predicted molar refractivity (Wildman–Crippen MR) is 90.2 cm³/mol. The van der Waals surface area contributed by atoms with Crippen LogP contribution in [0.2, 0.25) is 0 Å². The Bertz CT molecular complexity index is 729. The number of amides is 1. The van der Waals surface area contributed by atoms with E-state index in [9.17, 15) is 9.90 Å². The Labute approximate surface area is 130 Å². The molecule has 0 heterocycles. The minimum Gasteiger partial charge on any atom is -0.508 e. The van der Waals surface area contributed by atoms with E-state index in [0.717, 1.165) is 16.5 Å². The van der Waals surface area contributed by atoms with Crippen molar-refractivity contribution in [1.82, 2.24) is 0 Å². The molecule has 0 radical (unpaired) electrons. The first kappa shape index (κ1) is 15.9. The second kappa shape index (κ2) is 5.72. The van der Waals surface area contributed by atoms with Crippen molar-refractivity contribution in [3.05, 3.63) is 48.5 Å². The van der Waals surface area contributed by atoms with Crippen molar-refractivity contribution in [2.24, 2.45) is 0 Å². The van der Waals surface area contributed by atoms with Crippen LogP contribution in [0.15, 0.2) is 43.0 Å². The van der Waals surface area contributed by atoms with Gasteiger partial charge in [-0.05, 0) is 49.7 Å². The molecule has 116 valence electrons. The maximum Gasteiger partial charge on any atom is 0.414 e. The fraction of sp³-hybridized carbons (Fsp3) is 0.278. The number of fused-ring (bicyclic) bond motifs is 1. The monoisotopic (exact) mass is 299 g/mol. The summed E-state index contributed by atoms with van der Waals surface area (Å²) in [7, 11) is 1.68. The Morgan fingerprint density at radius 1 is 1.14 bits per heavy atom. The predicted octanol–water partition coefficient (Wildman–Crippen LogP) is 4.74. The van der Waals surface area contributed by atoms with E-state index in [0.29, 0.717) is 5.56 Å². The van der Waals surface area contributed by atoms with Gasteiger partial charge in [-0.25, -0.2) is 4.79 Å². The zero-order valence-electron chi connectivity index (χ0n) is 13.4. The second-order valence-electron chi connectivity index (χ2n) is 6.23. The van der Waals surface area contributed by atoms with Crippen molar-refractivity contribution in [3.63, 3.8) is 0 Å². The van der Waals surface area contributed by atoms with Crippen LogP contribution >= 0.6 is 0 Å². The normalized spacial score (nSPS) is 11.3. The summed E-state index contributed by atoms with van der Waals surface area (Å²) in [4.78, 5) is 13.6. The molecule has 0 aliphatic carbocycles. The van der Waals surface area contributed by atoms with Crippen LogP contribution in [0.25, 0.3) is 16.5 Å². The molecule has 0 aliphatic heterocycles. The highest BCUT2D eigenvalue weighted by Gasteiger charge is 2.20. The van der Waals surface area contributed by atoms with Gasteiger partial charge < -0.3 is 9.84 Å². The van der Waals surface area contributed by atoms with Crippen LogP contribution in [0.4, 0.5) is 10.5 Å². The third kappa shape index (κ3) is 3.58. The zero-order valence-corrected chi connectivity index (χ0v) is 13.4. The van der Waals surface area contributed by atoms with Crippen LogP contribution in [-0.2, 0) is 4.74 Å². The Balaban J connectivity index is 2.31. The molecule has 1 amide bonds. The molecule has 1 N–H and O–H groups in total. The molecule has 0 spiro atoms. The number of nitrogens with zero attached hydrogens (tertiary/aromatic N) is 1. The summed E-state index contributed by atoms with van der Waals surface area (Å²) >= 11 is 0. The summed E-state index contributed by atoms with van der Waals surface area (Å²) < 4.78 is 5.36. The van der Waals surface area contributed by atoms with Crippen LogP contribution in [0.5, 0.6) is 0 Å². The van der Waals surface area contributed by atoms with Crippen molar-refractivity contribution in [3.8, 4) is 0 Å². The Hall–Kier alpha value is -2.49. The van der Waals surface area contributed by atoms with E-state index >= 15 is 0 Å². The number of hydrogen-bond acceptors (Lipinski definition) is 3. The lowest BCUT2D eigenvalue weighted by Crippen LogP contribution is -2.34. The highest BCUT2D eigenvalue weighted by atomic mass is 16.6. The average Bonchev–Trinajstić information content (AvgIpc) is 2.43. The third-order valence-electron chi connectivity index (χ3n) is 3.21. The van der Waals surface area contributed by atoms with Crippen LogP contribution in [0.3, 0.4) is 0 Å². The number of anilines is 1. The minimum absolute atomic E-state index is 0.0387. The van der Waals surface area contributed by atoms with E-state index in [1.807, 2.05) is 51.1 Å². The van der Waals surface area contributed by atoms with Gasteiger partial charge in [0.05, 0.1) is 0 Å². The molecule has 0 bridgehead atoms. The van der Waals surface area contributed by atoms with Gasteiger partial charge in [0.25, 0.3) is 0 Å². The van der Waals surface area contributed by atoms with Crippen LogP contribution < -0.4 is 4.90 Å². The Morgan fingerprint density at radius 2 is 1.73 bits per heavy atom. The molecule has 0 atom stereocenters. The zero-order chi connectivity index (χ0) is 16.5. The number of aliphatic hydroxyl groups is 1. The first-order valence-electron chi connectivity index (χ1n) is 7.06. The first-order chi connectivity index (χ1) is 10.2.